The summed E-state index contributed by atoms with van der Waals surface area (Å²) in [5.74, 6) is 0. The number of hydrogen-bond acceptors (Lipinski definition) is 2. The lowest BCUT2D eigenvalue weighted by Gasteiger charge is -2.03. The lowest BCUT2D eigenvalue weighted by Crippen LogP contribution is -2.15. The predicted octanol–water partition coefficient (Wildman–Crippen LogP) is 3.72. The van der Waals surface area contributed by atoms with E-state index in [1.54, 1.807) is 5.56 Å². The normalized spacial score (nSPS) is 15.8. The Kier molecular flexibility index (Phi) is 2.70. The van der Waals surface area contributed by atoms with Crippen LogP contribution in [-0.2, 0) is 13.0 Å². The molecule has 1 N–H and O–H groups in total. The third-order valence-electron chi connectivity index (χ3n) is 3.26. The van der Waals surface area contributed by atoms with E-state index in [4.69, 9.17) is 0 Å². The second-order valence-corrected chi connectivity index (χ2v) is 5.65. The van der Waals surface area contributed by atoms with Crippen molar-refractivity contribution in [2.75, 3.05) is 0 Å². The van der Waals surface area contributed by atoms with Crippen LogP contribution in [-0.4, -0.2) is 6.04 Å². The molecule has 1 nitrogen and oxygen atoms in total. The van der Waals surface area contributed by atoms with Crippen LogP contribution in [0.3, 0.4) is 0 Å². The van der Waals surface area contributed by atoms with Gasteiger partial charge < -0.3 is 5.32 Å². The number of nitrogens with one attached hydrogen (secondary N) is 1. The first kappa shape index (κ1) is 10.3. The van der Waals surface area contributed by atoms with Crippen molar-refractivity contribution in [1.29, 1.82) is 0 Å². The third-order valence-corrected chi connectivity index (χ3v) is 4.48. The Labute approximate surface area is 100 Å². The van der Waals surface area contributed by atoms with Crippen molar-refractivity contribution < 1.29 is 0 Å². The van der Waals surface area contributed by atoms with Gasteiger partial charge in [0, 0.05) is 22.2 Å². The van der Waals surface area contributed by atoms with Gasteiger partial charge in [0.2, 0.25) is 0 Å². The van der Waals surface area contributed by atoms with Crippen LogP contribution in [0.2, 0.25) is 0 Å². The number of fused-ring (bicyclic) bond motifs is 1. The molecule has 2 aromatic rings. The van der Waals surface area contributed by atoms with E-state index < -0.39 is 0 Å². The highest BCUT2D eigenvalue weighted by Gasteiger charge is 2.21. The molecular weight excluding hydrogens is 214 g/mol. The fraction of sp³-hybridized carbons (Fsp3) is 0.429. The summed E-state index contributed by atoms with van der Waals surface area (Å²) in [5, 5.41) is 5.08. The van der Waals surface area contributed by atoms with Crippen LogP contribution in [0.1, 0.15) is 30.2 Å². The molecule has 0 saturated heterocycles. The van der Waals surface area contributed by atoms with Crippen molar-refractivity contribution in [1.82, 2.24) is 5.32 Å². The molecule has 1 aliphatic rings. The summed E-state index contributed by atoms with van der Waals surface area (Å²) in [6.45, 7) is 3.32. The number of aryl methyl sites for hydroxylation is 1. The van der Waals surface area contributed by atoms with Crippen molar-refractivity contribution in [3.05, 3.63) is 34.7 Å². The zero-order valence-electron chi connectivity index (χ0n) is 9.62. The van der Waals surface area contributed by atoms with Gasteiger partial charge in [-0.15, -0.1) is 11.3 Å². The van der Waals surface area contributed by atoms with E-state index in [2.05, 4.69) is 36.5 Å². The van der Waals surface area contributed by atoms with Gasteiger partial charge in [0.05, 0.1) is 0 Å². The first-order valence-corrected chi connectivity index (χ1v) is 6.93. The van der Waals surface area contributed by atoms with Gasteiger partial charge in [0.25, 0.3) is 0 Å². The zero-order valence-corrected chi connectivity index (χ0v) is 10.4. The summed E-state index contributed by atoms with van der Waals surface area (Å²) >= 11 is 1.96. The number of rotatable bonds is 4. The number of benzene rings is 1. The molecule has 0 radical (unpaired) electrons. The molecule has 1 saturated carbocycles. The Morgan fingerprint density at radius 3 is 2.88 bits per heavy atom. The fourth-order valence-electron chi connectivity index (χ4n) is 2.20. The summed E-state index contributed by atoms with van der Waals surface area (Å²) in [7, 11) is 0. The molecule has 3 rings (SSSR count). The Balaban J connectivity index is 1.94. The van der Waals surface area contributed by atoms with E-state index >= 15 is 0 Å². The molecule has 2 heteroatoms. The Morgan fingerprint density at radius 1 is 1.31 bits per heavy atom. The van der Waals surface area contributed by atoms with E-state index in [-0.39, 0.29) is 0 Å². The topological polar surface area (TPSA) is 12.0 Å². The van der Waals surface area contributed by atoms with Crippen molar-refractivity contribution in [3.8, 4) is 0 Å². The van der Waals surface area contributed by atoms with Gasteiger partial charge in [-0.3, -0.25) is 0 Å². The van der Waals surface area contributed by atoms with Crippen molar-refractivity contribution in [3.63, 3.8) is 0 Å². The monoisotopic (exact) mass is 231 g/mol. The molecule has 0 spiro atoms. The molecule has 16 heavy (non-hydrogen) atoms. The van der Waals surface area contributed by atoms with Crippen molar-refractivity contribution >= 4 is 21.4 Å². The summed E-state index contributed by atoms with van der Waals surface area (Å²) in [6.07, 6.45) is 3.88. The molecule has 0 amide bonds. The quantitative estimate of drug-likeness (QED) is 0.845. The van der Waals surface area contributed by atoms with Crippen molar-refractivity contribution in [2.45, 2.75) is 38.8 Å². The van der Waals surface area contributed by atoms with Crippen LogP contribution >= 0.6 is 11.3 Å². The molecule has 0 unspecified atom stereocenters. The van der Waals surface area contributed by atoms with Crippen LogP contribution in [0.15, 0.2) is 24.3 Å². The van der Waals surface area contributed by atoms with E-state index in [1.807, 2.05) is 11.3 Å². The largest absolute Gasteiger partial charge is 0.309 e. The van der Waals surface area contributed by atoms with Gasteiger partial charge in [0.15, 0.2) is 0 Å². The molecule has 0 atom stereocenters. The van der Waals surface area contributed by atoms with Gasteiger partial charge >= 0.3 is 0 Å². The maximum Gasteiger partial charge on any atom is 0.0349 e. The fourth-order valence-corrected chi connectivity index (χ4v) is 3.45. The molecule has 1 heterocycles. The maximum atomic E-state index is 3.62. The second-order valence-electron chi connectivity index (χ2n) is 4.51. The SMILES string of the molecule is CCc1c(CNC2CC2)sc2ccccc12. The smallest absolute Gasteiger partial charge is 0.0349 e. The van der Waals surface area contributed by atoms with Crippen LogP contribution in [0.4, 0.5) is 0 Å². The zero-order chi connectivity index (χ0) is 11.0. The summed E-state index contributed by atoms with van der Waals surface area (Å²) in [4.78, 5) is 1.54. The molecule has 1 aromatic heterocycles. The average molecular weight is 231 g/mol. The summed E-state index contributed by atoms with van der Waals surface area (Å²) in [6, 6.07) is 9.57. The minimum absolute atomic E-state index is 0.801. The third kappa shape index (κ3) is 1.87. The van der Waals surface area contributed by atoms with E-state index in [0.717, 1.165) is 19.0 Å². The van der Waals surface area contributed by atoms with Gasteiger partial charge in [0.1, 0.15) is 0 Å². The summed E-state index contributed by atoms with van der Waals surface area (Å²) < 4.78 is 1.44. The second kappa shape index (κ2) is 4.19. The van der Waals surface area contributed by atoms with Gasteiger partial charge in [-0.1, -0.05) is 25.1 Å². The first-order valence-electron chi connectivity index (χ1n) is 6.11. The highest BCUT2D eigenvalue weighted by atomic mass is 32.1. The minimum Gasteiger partial charge on any atom is -0.309 e. The van der Waals surface area contributed by atoms with Crippen LogP contribution in [0.25, 0.3) is 10.1 Å². The van der Waals surface area contributed by atoms with Gasteiger partial charge in [-0.25, -0.2) is 0 Å². The molecule has 84 valence electrons. The minimum atomic E-state index is 0.801. The molecule has 0 bridgehead atoms. The molecule has 1 aliphatic carbocycles. The van der Waals surface area contributed by atoms with Crippen LogP contribution in [0.5, 0.6) is 0 Å². The van der Waals surface area contributed by atoms with Crippen molar-refractivity contribution in [2.24, 2.45) is 0 Å². The number of hydrogen-bond donors (Lipinski definition) is 1. The molecular formula is C14H17NS. The predicted molar refractivity (Wildman–Crippen MR) is 71.1 cm³/mol. The average Bonchev–Trinajstić information content (AvgIpc) is 3.07. The molecule has 0 aliphatic heterocycles. The Hall–Kier alpha value is -0.860. The lowest BCUT2D eigenvalue weighted by molar-refractivity contribution is 0.692. The van der Waals surface area contributed by atoms with Crippen LogP contribution < -0.4 is 5.32 Å². The highest BCUT2D eigenvalue weighted by Crippen LogP contribution is 2.32. The highest BCUT2D eigenvalue weighted by molar-refractivity contribution is 7.19. The maximum absolute atomic E-state index is 3.62. The first-order chi connectivity index (χ1) is 7.88. The summed E-state index contributed by atoms with van der Waals surface area (Å²) in [5.41, 5.74) is 1.55. The Bertz CT molecular complexity index is 496. The Morgan fingerprint density at radius 2 is 2.12 bits per heavy atom. The van der Waals surface area contributed by atoms with E-state index in [1.165, 1.54) is 27.8 Å². The van der Waals surface area contributed by atoms with E-state index in [9.17, 15) is 0 Å². The van der Waals surface area contributed by atoms with Crippen LogP contribution in [0, 0.1) is 0 Å². The van der Waals surface area contributed by atoms with Gasteiger partial charge in [-0.2, -0.15) is 0 Å². The lowest BCUT2D eigenvalue weighted by atomic mass is 10.1. The molecule has 1 aromatic carbocycles. The molecule has 1 fully saturated rings. The van der Waals surface area contributed by atoms with E-state index in [0.29, 0.717) is 0 Å². The number of thiophene rings is 1. The standard InChI is InChI=1S/C14H17NS/c1-2-11-12-5-3-4-6-13(12)16-14(11)9-15-10-7-8-10/h3-6,10,15H,2,7-9H2,1H3. The van der Waals surface area contributed by atoms with Gasteiger partial charge in [-0.05, 0) is 36.3 Å².